The van der Waals surface area contributed by atoms with Gasteiger partial charge in [0.1, 0.15) is 11.5 Å². The van der Waals surface area contributed by atoms with Crippen LogP contribution in [0.15, 0.2) is 18.2 Å². The minimum absolute atomic E-state index is 0.107. The van der Waals surface area contributed by atoms with Crippen molar-refractivity contribution in [3.63, 3.8) is 0 Å². The third-order valence-electron chi connectivity index (χ3n) is 5.11. The quantitative estimate of drug-likeness (QED) is 0.696. The fourth-order valence-corrected chi connectivity index (χ4v) is 3.59. The van der Waals surface area contributed by atoms with Crippen LogP contribution in [0.1, 0.15) is 49.4 Å². The summed E-state index contributed by atoms with van der Waals surface area (Å²) in [4.78, 5) is 26.8. The first-order valence-corrected chi connectivity index (χ1v) is 9.11. The Balaban J connectivity index is 2.30. The summed E-state index contributed by atoms with van der Waals surface area (Å²) < 4.78 is 15.3. The van der Waals surface area contributed by atoms with Crippen LogP contribution in [0.5, 0.6) is 11.5 Å². The molecule has 1 aliphatic carbocycles. The molecule has 0 aliphatic heterocycles. The zero-order chi connectivity index (χ0) is 19.1. The lowest BCUT2D eigenvalue weighted by Gasteiger charge is -2.38. The van der Waals surface area contributed by atoms with E-state index in [9.17, 15) is 9.59 Å². The van der Waals surface area contributed by atoms with Gasteiger partial charge in [-0.1, -0.05) is 19.8 Å². The van der Waals surface area contributed by atoms with Crippen LogP contribution in [0.2, 0.25) is 0 Å². The molecular weight excluding hydrogens is 334 g/mol. The molecule has 2 rings (SSSR count). The fraction of sp³-hybridized carbons (Fsp3) is 0.600. The minimum atomic E-state index is -0.311. The molecule has 1 amide bonds. The van der Waals surface area contributed by atoms with E-state index in [0.29, 0.717) is 29.5 Å². The Labute approximate surface area is 155 Å². The molecule has 0 bridgehead atoms. The van der Waals surface area contributed by atoms with Crippen LogP contribution in [-0.4, -0.2) is 50.7 Å². The second kappa shape index (κ2) is 9.46. The number of methoxy groups -OCH3 is 3. The summed E-state index contributed by atoms with van der Waals surface area (Å²) in [6.45, 7) is 2.52. The summed E-state index contributed by atoms with van der Waals surface area (Å²) in [5, 5.41) is 0. The molecule has 6 heteroatoms. The number of benzene rings is 1. The number of esters is 1. The number of hydrogen-bond acceptors (Lipinski definition) is 5. The van der Waals surface area contributed by atoms with Gasteiger partial charge in [0.25, 0.3) is 5.91 Å². The van der Waals surface area contributed by atoms with Crippen molar-refractivity contribution in [2.45, 2.75) is 45.1 Å². The topological polar surface area (TPSA) is 65.1 Å². The highest BCUT2D eigenvalue weighted by atomic mass is 16.5. The molecule has 2 atom stereocenters. The Morgan fingerprint density at radius 2 is 1.65 bits per heavy atom. The Bertz CT molecular complexity index is 608. The summed E-state index contributed by atoms with van der Waals surface area (Å²) >= 11 is 0. The molecule has 144 valence electrons. The number of amides is 1. The Morgan fingerprint density at radius 1 is 1.04 bits per heavy atom. The summed E-state index contributed by atoms with van der Waals surface area (Å²) in [6.07, 6.45) is 4.51. The molecule has 1 aromatic carbocycles. The molecular formula is C20H29NO5. The lowest BCUT2D eigenvalue weighted by Crippen LogP contribution is -2.46. The van der Waals surface area contributed by atoms with Crippen LogP contribution in [0.3, 0.4) is 0 Å². The van der Waals surface area contributed by atoms with Crippen LogP contribution < -0.4 is 9.47 Å². The molecule has 1 fully saturated rings. The van der Waals surface area contributed by atoms with Crippen molar-refractivity contribution >= 4 is 11.9 Å². The predicted molar refractivity (Wildman–Crippen MR) is 98.6 cm³/mol. The van der Waals surface area contributed by atoms with E-state index >= 15 is 0 Å². The van der Waals surface area contributed by atoms with E-state index in [0.717, 1.165) is 19.3 Å². The first-order chi connectivity index (χ1) is 12.5. The maximum atomic E-state index is 13.3. The zero-order valence-corrected chi connectivity index (χ0v) is 16.1. The second-order valence-corrected chi connectivity index (χ2v) is 6.76. The molecule has 0 radical (unpaired) electrons. The molecule has 0 spiro atoms. The number of ether oxygens (including phenoxy) is 3. The Hall–Kier alpha value is -2.24. The molecule has 0 heterocycles. The van der Waals surface area contributed by atoms with E-state index in [1.165, 1.54) is 13.5 Å². The molecule has 2 unspecified atom stereocenters. The van der Waals surface area contributed by atoms with Gasteiger partial charge in [-0.15, -0.1) is 0 Å². The van der Waals surface area contributed by atoms with Crippen molar-refractivity contribution in [1.82, 2.24) is 4.90 Å². The zero-order valence-electron chi connectivity index (χ0n) is 16.1. The van der Waals surface area contributed by atoms with Gasteiger partial charge in [-0.3, -0.25) is 9.59 Å². The highest BCUT2D eigenvalue weighted by Gasteiger charge is 2.31. The summed E-state index contributed by atoms with van der Waals surface area (Å²) in [5.41, 5.74) is 0.504. The lowest BCUT2D eigenvalue weighted by atomic mass is 9.84. The molecule has 6 nitrogen and oxygen atoms in total. The van der Waals surface area contributed by atoms with E-state index in [1.807, 2.05) is 4.90 Å². The number of rotatable bonds is 7. The van der Waals surface area contributed by atoms with Crippen molar-refractivity contribution < 1.29 is 23.8 Å². The average molecular weight is 363 g/mol. The number of carbonyl (C=O) groups is 2. The monoisotopic (exact) mass is 363 g/mol. The maximum Gasteiger partial charge on any atom is 0.307 e. The fourth-order valence-electron chi connectivity index (χ4n) is 3.59. The van der Waals surface area contributed by atoms with E-state index in [1.54, 1.807) is 32.4 Å². The summed E-state index contributed by atoms with van der Waals surface area (Å²) in [5.74, 6) is 1.12. The predicted octanol–water partition coefficient (Wildman–Crippen LogP) is 3.29. The van der Waals surface area contributed by atoms with Crippen LogP contribution in [-0.2, 0) is 9.53 Å². The van der Waals surface area contributed by atoms with E-state index in [-0.39, 0.29) is 24.3 Å². The van der Waals surface area contributed by atoms with Gasteiger partial charge < -0.3 is 19.1 Å². The van der Waals surface area contributed by atoms with Crippen molar-refractivity contribution in [2.75, 3.05) is 27.9 Å². The maximum absolute atomic E-state index is 13.3. The minimum Gasteiger partial charge on any atom is -0.497 e. The van der Waals surface area contributed by atoms with Crippen LogP contribution in [0, 0.1) is 5.92 Å². The van der Waals surface area contributed by atoms with Gasteiger partial charge in [0, 0.05) is 24.2 Å². The molecule has 1 saturated carbocycles. The van der Waals surface area contributed by atoms with Gasteiger partial charge in [0.15, 0.2) is 0 Å². The first-order valence-electron chi connectivity index (χ1n) is 9.11. The third-order valence-corrected chi connectivity index (χ3v) is 5.11. The second-order valence-electron chi connectivity index (χ2n) is 6.76. The van der Waals surface area contributed by atoms with Gasteiger partial charge in [0.2, 0.25) is 0 Å². The Kier molecular flexibility index (Phi) is 7.30. The highest BCUT2D eigenvalue weighted by Crippen LogP contribution is 2.31. The normalized spacial score (nSPS) is 19.5. The molecule has 0 aromatic heterocycles. The van der Waals surface area contributed by atoms with Gasteiger partial charge >= 0.3 is 5.97 Å². The smallest absolute Gasteiger partial charge is 0.307 e. The number of hydrogen-bond donors (Lipinski definition) is 0. The summed E-state index contributed by atoms with van der Waals surface area (Å²) in [6, 6.07) is 5.28. The van der Waals surface area contributed by atoms with Crippen molar-refractivity contribution in [3.8, 4) is 11.5 Å². The number of nitrogens with zero attached hydrogens (tertiary/aromatic N) is 1. The standard InChI is InChI=1S/C20H29NO5/c1-14-7-5-6-8-18(14)21(10-9-19(22)26-4)20(23)15-11-16(24-2)13-17(12-15)25-3/h11-14,18H,5-10H2,1-4H3. The van der Waals surface area contributed by atoms with Gasteiger partial charge in [-0.05, 0) is 30.9 Å². The van der Waals surface area contributed by atoms with E-state index < -0.39 is 0 Å². The molecule has 1 aromatic rings. The highest BCUT2D eigenvalue weighted by molar-refractivity contribution is 5.95. The number of carbonyl (C=O) groups excluding carboxylic acids is 2. The summed E-state index contributed by atoms with van der Waals surface area (Å²) in [7, 11) is 4.48. The van der Waals surface area contributed by atoms with Gasteiger partial charge in [-0.2, -0.15) is 0 Å². The average Bonchev–Trinajstić information content (AvgIpc) is 2.68. The molecule has 0 saturated heterocycles. The van der Waals surface area contributed by atoms with Gasteiger partial charge in [-0.25, -0.2) is 0 Å². The largest absolute Gasteiger partial charge is 0.497 e. The van der Waals surface area contributed by atoms with Crippen LogP contribution in [0.25, 0.3) is 0 Å². The van der Waals surface area contributed by atoms with Crippen LogP contribution >= 0.6 is 0 Å². The van der Waals surface area contributed by atoms with Crippen molar-refractivity contribution in [3.05, 3.63) is 23.8 Å². The van der Waals surface area contributed by atoms with Gasteiger partial charge in [0.05, 0.1) is 27.8 Å². The molecule has 26 heavy (non-hydrogen) atoms. The third kappa shape index (κ3) is 4.90. The lowest BCUT2D eigenvalue weighted by molar-refractivity contribution is -0.141. The van der Waals surface area contributed by atoms with Crippen molar-refractivity contribution in [2.24, 2.45) is 5.92 Å². The van der Waals surface area contributed by atoms with E-state index in [2.05, 4.69) is 6.92 Å². The SMILES string of the molecule is COC(=O)CCN(C(=O)c1cc(OC)cc(OC)c1)C1CCCCC1C. The Morgan fingerprint density at radius 3 is 2.19 bits per heavy atom. The van der Waals surface area contributed by atoms with Crippen LogP contribution in [0.4, 0.5) is 0 Å². The van der Waals surface area contributed by atoms with Crippen molar-refractivity contribution in [1.29, 1.82) is 0 Å². The molecule has 0 N–H and O–H groups in total. The first kappa shape index (κ1) is 20.1. The molecule has 1 aliphatic rings. The van der Waals surface area contributed by atoms with E-state index in [4.69, 9.17) is 14.2 Å².